The van der Waals surface area contributed by atoms with Gasteiger partial charge in [0, 0.05) is 44.2 Å². The van der Waals surface area contributed by atoms with Gasteiger partial charge in [0.1, 0.15) is 5.75 Å². The van der Waals surface area contributed by atoms with E-state index in [1.54, 1.807) is 0 Å². The largest absolute Gasteiger partial charge is 0.491 e. The van der Waals surface area contributed by atoms with Crippen LogP contribution in [0, 0.1) is 5.41 Å². The van der Waals surface area contributed by atoms with E-state index in [0.29, 0.717) is 0 Å². The van der Waals surface area contributed by atoms with E-state index in [0.717, 1.165) is 31.9 Å². The maximum Gasteiger partial charge on any atom is 0.119 e. The molecule has 1 aliphatic heterocycles. The second-order valence-corrected chi connectivity index (χ2v) is 7.07. The standard InChI is InChI=1S/C18H30N2O2/c1-14(2)22-16-7-5-15(6-8-16)17(18(3,4)13-21)20-11-9-19-10-12-20/h5-8,14,17,19,21H,9-13H2,1-4H3/t17-/m0/s1. The number of hydrogen-bond acceptors (Lipinski definition) is 4. The van der Waals surface area contributed by atoms with Gasteiger partial charge in [0.15, 0.2) is 0 Å². The van der Waals surface area contributed by atoms with E-state index in [2.05, 4.69) is 36.2 Å². The van der Waals surface area contributed by atoms with Crippen molar-refractivity contribution in [1.29, 1.82) is 0 Å². The van der Waals surface area contributed by atoms with Crippen molar-refractivity contribution in [2.45, 2.75) is 39.8 Å². The third kappa shape index (κ3) is 4.22. The van der Waals surface area contributed by atoms with Crippen molar-refractivity contribution >= 4 is 0 Å². The molecule has 0 aromatic heterocycles. The molecule has 1 atom stereocenters. The smallest absolute Gasteiger partial charge is 0.119 e. The fourth-order valence-corrected chi connectivity index (χ4v) is 3.18. The van der Waals surface area contributed by atoms with Crippen LogP contribution >= 0.6 is 0 Å². The molecule has 2 N–H and O–H groups in total. The lowest BCUT2D eigenvalue weighted by Gasteiger charge is -2.43. The zero-order chi connectivity index (χ0) is 16.2. The molecule has 1 heterocycles. The summed E-state index contributed by atoms with van der Waals surface area (Å²) >= 11 is 0. The van der Waals surface area contributed by atoms with Crippen LogP contribution in [-0.2, 0) is 0 Å². The fourth-order valence-electron chi connectivity index (χ4n) is 3.18. The molecule has 2 rings (SSSR count). The average molecular weight is 306 g/mol. The van der Waals surface area contributed by atoms with Gasteiger partial charge in [-0.15, -0.1) is 0 Å². The third-order valence-corrected chi connectivity index (χ3v) is 4.23. The third-order valence-electron chi connectivity index (χ3n) is 4.23. The SMILES string of the molecule is CC(C)Oc1ccc([C@H](N2CCNCC2)C(C)(C)CO)cc1. The van der Waals surface area contributed by atoms with E-state index in [1.165, 1.54) is 5.56 Å². The van der Waals surface area contributed by atoms with E-state index < -0.39 is 0 Å². The molecular formula is C18H30N2O2. The van der Waals surface area contributed by atoms with E-state index in [9.17, 15) is 5.11 Å². The average Bonchev–Trinajstić information content (AvgIpc) is 2.49. The summed E-state index contributed by atoms with van der Waals surface area (Å²) in [6.07, 6.45) is 0.184. The Balaban J connectivity index is 2.24. The zero-order valence-corrected chi connectivity index (χ0v) is 14.3. The number of benzene rings is 1. The zero-order valence-electron chi connectivity index (χ0n) is 14.3. The van der Waals surface area contributed by atoms with Crippen molar-refractivity contribution in [2.75, 3.05) is 32.8 Å². The first-order chi connectivity index (χ1) is 10.4. The maximum absolute atomic E-state index is 9.86. The first-order valence-corrected chi connectivity index (χ1v) is 8.26. The monoisotopic (exact) mass is 306 g/mol. The first-order valence-electron chi connectivity index (χ1n) is 8.26. The summed E-state index contributed by atoms with van der Waals surface area (Å²) in [5, 5.41) is 13.3. The van der Waals surface area contributed by atoms with Gasteiger partial charge < -0.3 is 15.2 Å². The van der Waals surface area contributed by atoms with Crippen LogP contribution in [0.4, 0.5) is 0 Å². The fraction of sp³-hybridized carbons (Fsp3) is 0.667. The molecule has 124 valence electrons. The van der Waals surface area contributed by atoms with Crippen LogP contribution in [0.3, 0.4) is 0 Å². The number of rotatable bonds is 6. The van der Waals surface area contributed by atoms with Gasteiger partial charge in [-0.25, -0.2) is 0 Å². The van der Waals surface area contributed by atoms with E-state index >= 15 is 0 Å². The summed E-state index contributed by atoms with van der Waals surface area (Å²) in [7, 11) is 0. The Labute approximate surface area is 134 Å². The summed E-state index contributed by atoms with van der Waals surface area (Å²) in [6, 6.07) is 8.58. The number of aliphatic hydroxyl groups is 1. The molecule has 1 saturated heterocycles. The highest BCUT2D eigenvalue weighted by molar-refractivity contribution is 5.30. The van der Waals surface area contributed by atoms with Gasteiger partial charge in [-0.2, -0.15) is 0 Å². The van der Waals surface area contributed by atoms with Gasteiger partial charge in [0.25, 0.3) is 0 Å². The van der Waals surface area contributed by atoms with Gasteiger partial charge in [-0.1, -0.05) is 26.0 Å². The van der Waals surface area contributed by atoms with Crippen molar-refractivity contribution in [3.8, 4) is 5.75 Å². The number of nitrogens with zero attached hydrogens (tertiary/aromatic N) is 1. The lowest BCUT2D eigenvalue weighted by Crippen LogP contribution is -2.49. The normalized spacial score (nSPS) is 18.5. The molecule has 1 fully saturated rings. The first kappa shape index (κ1) is 17.3. The molecule has 4 nitrogen and oxygen atoms in total. The molecule has 0 aliphatic carbocycles. The van der Waals surface area contributed by atoms with Gasteiger partial charge in [-0.05, 0) is 31.5 Å². The second-order valence-electron chi connectivity index (χ2n) is 7.07. The van der Waals surface area contributed by atoms with E-state index in [1.807, 2.05) is 26.0 Å². The van der Waals surface area contributed by atoms with Crippen LogP contribution in [-0.4, -0.2) is 48.9 Å². The van der Waals surface area contributed by atoms with Crippen molar-refractivity contribution in [2.24, 2.45) is 5.41 Å². The van der Waals surface area contributed by atoms with Crippen molar-refractivity contribution < 1.29 is 9.84 Å². The molecule has 0 bridgehead atoms. The Morgan fingerprint density at radius 2 is 1.77 bits per heavy atom. The summed E-state index contributed by atoms with van der Waals surface area (Å²) < 4.78 is 5.73. The summed E-state index contributed by atoms with van der Waals surface area (Å²) in [5.41, 5.74) is 1.06. The minimum Gasteiger partial charge on any atom is -0.491 e. The summed E-state index contributed by atoms with van der Waals surface area (Å²) in [5.74, 6) is 0.902. The number of ether oxygens (including phenoxy) is 1. The van der Waals surface area contributed by atoms with Gasteiger partial charge in [0.2, 0.25) is 0 Å². The molecule has 1 aromatic rings. The summed E-state index contributed by atoms with van der Waals surface area (Å²) in [4.78, 5) is 2.48. The highest BCUT2D eigenvalue weighted by Crippen LogP contribution is 2.38. The van der Waals surface area contributed by atoms with Crippen LogP contribution in [0.5, 0.6) is 5.75 Å². The van der Waals surface area contributed by atoms with E-state index in [-0.39, 0.29) is 24.2 Å². The molecule has 0 saturated carbocycles. The van der Waals surface area contributed by atoms with E-state index in [4.69, 9.17) is 4.74 Å². The number of aliphatic hydroxyl groups excluding tert-OH is 1. The Bertz CT molecular complexity index is 451. The topological polar surface area (TPSA) is 44.7 Å². The van der Waals surface area contributed by atoms with Crippen molar-refractivity contribution in [1.82, 2.24) is 10.2 Å². The van der Waals surface area contributed by atoms with Gasteiger partial charge in [0.05, 0.1) is 6.10 Å². The number of piperazine rings is 1. The second kappa shape index (κ2) is 7.44. The molecule has 0 unspecified atom stereocenters. The van der Waals surface area contributed by atoms with Crippen LogP contribution in [0.1, 0.15) is 39.3 Å². The lowest BCUT2D eigenvalue weighted by molar-refractivity contribution is 0.0305. The van der Waals surface area contributed by atoms with Gasteiger partial charge in [-0.3, -0.25) is 4.90 Å². The molecule has 1 aliphatic rings. The van der Waals surface area contributed by atoms with Crippen LogP contribution in [0.25, 0.3) is 0 Å². The summed E-state index contributed by atoms with van der Waals surface area (Å²) in [6.45, 7) is 12.6. The highest BCUT2D eigenvalue weighted by Gasteiger charge is 2.35. The molecule has 0 spiro atoms. The van der Waals surface area contributed by atoms with Crippen molar-refractivity contribution in [3.63, 3.8) is 0 Å². The molecule has 1 aromatic carbocycles. The number of hydrogen-bond donors (Lipinski definition) is 2. The Morgan fingerprint density at radius 3 is 2.27 bits per heavy atom. The predicted molar refractivity (Wildman–Crippen MR) is 90.3 cm³/mol. The minimum absolute atomic E-state index is 0.172. The van der Waals surface area contributed by atoms with Gasteiger partial charge >= 0.3 is 0 Å². The molecular weight excluding hydrogens is 276 g/mol. The predicted octanol–water partition coefficient (Wildman–Crippen LogP) is 2.44. The van der Waals surface area contributed by atoms with Crippen LogP contribution < -0.4 is 10.1 Å². The maximum atomic E-state index is 9.86. The van der Waals surface area contributed by atoms with Crippen molar-refractivity contribution in [3.05, 3.63) is 29.8 Å². The number of nitrogens with one attached hydrogen (secondary N) is 1. The quantitative estimate of drug-likeness (QED) is 0.847. The molecule has 22 heavy (non-hydrogen) atoms. The highest BCUT2D eigenvalue weighted by atomic mass is 16.5. The van der Waals surface area contributed by atoms with Crippen LogP contribution in [0.15, 0.2) is 24.3 Å². The Morgan fingerprint density at radius 1 is 1.18 bits per heavy atom. The molecule has 0 amide bonds. The Kier molecular flexibility index (Phi) is 5.84. The molecule has 4 heteroatoms. The lowest BCUT2D eigenvalue weighted by atomic mass is 9.79. The minimum atomic E-state index is -0.183. The van der Waals surface area contributed by atoms with Crippen LogP contribution in [0.2, 0.25) is 0 Å². The molecule has 0 radical (unpaired) electrons. The Hall–Kier alpha value is -1.10.